The lowest BCUT2D eigenvalue weighted by molar-refractivity contribution is 0.487. The van der Waals surface area contributed by atoms with Gasteiger partial charge in [0.1, 0.15) is 0 Å². The minimum Gasteiger partial charge on any atom is -0.363 e. The summed E-state index contributed by atoms with van der Waals surface area (Å²) in [5, 5.41) is 7.99. The van der Waals surface area contributed by atoms with Gasteiger partial charge in [-0.3, -0.25) is 5.41 Å². The van der Waals surface area contributed by atoms with Crippen molar-refractivity contribution < 1.29 is 0 Å². The molecule has 0 unspecified atom stereocenters. The number of hydrogen-bond donors (Lipinski definition) is 1. The normalized spacial score (nSPS) is 17.7. The van der Waals surface area contributed by atoms with E-state index in [0.29, 0.717) is 5.92 Å². The molecule has 2 nitrogen and oxygen atoms in total. The molecule has 0 heterocycles. The molecule has 1 rings (SSSR count). The molecule has 1 aliphatic carbocycles. The second-order valence-corrected chi connectivity index (χ2v) is 4.77. The number of amidine groups is 1. The molecule has 3 heteroatoms. The Balaban J connectivity index is 2.28. The summed E-state index contributed by atoms with van der Waals surface area (Å²) >= 11 is 1.85. The molecular weight excluding hydrogens is 180 g/mol. The molecule has 1 saturated carbocycles. The fourth-order valence-electron chi connectivity index (χ4n) is 1.86. The Morgan fingerprint density at radius 3 is 2.62 bits per heavy atom. The molecule has 1 aliphatic rings. The van der Waals surface area contributed by atoms with Crippen LogP contribution in [0.4, 0.5) is 0 Å². The van der Waals surface area contributed by atoms with E-state index in [9.17, 15) is 0 Å². The predicted molar refractivity (Wildman–Crippen MR) is 60.7 cm³/mol. The molecule has 76 valence electrons. The van der Waals surface area contributed by atoms with Crippen molar-refractivity contribution in [3.63, 3.8) is 0 Å². The van der Waals surface area contributed by atoms with Crippen LogP contribution < -0.4 is 0 Å². The average Bonchev–Trinajstić information content (AvgIpc) is 2.65. The van der Waals surface area contributed by atoms with Crippen molar-refractivity contribution in [2.24, 2.45) is 5.92 Å². The number of thioether (sulfide) groups is 1. The van der Waals surface area contributed by atoms with E-state index >= 15 is 0 Å². The maximum atomic E-state index is 7.99. The molecule has 0 aromatic rings. The molecular formula is C10H20N2S. The number of rotatable bonds is 4. The Labute approximate surface area is 85.6 Å². The zero-order valence-corrected chi connectivity index (χ0v) is 9.49. The first kappa shape index (κ1) is 10.9. The van der Waals surface area contributed by atoms with E-state index in [4.69, 9.17) is 5.41 Å². The maximum absolute atomic E-state index is 7.99. The summed E-state index contributed by atoms with van der Waals surface area (Å²) in [6, 6.07) is 0. The SMILES string of the molecule is CSCCN(C)C(=N)C1CCCC1. The molecule has 0 bridgehead atoms. The van der Waals surface area contributed by atoms with Crippen LogP contribution in [0, 0.1) is 11.3 Å². The highest BCUT2D eigenvalue weighted by atomic mass is 32.2. The van der Waals surface area contributed by atoms with Gasteiger partial charge in [0.2, 0.25) is 0 Å². The van der Waals surface area contributed by atoms with Crippen LogP contribution in [0.25, 0.3) is 0 Å². The van der Waals surface area contributed by atoms with Crippen LogP contribution in [0.2, 0.25) is 0 Å². The van der Waals surface area contributed by atoms with Gasteiger partial charge in [-0.05, 0) is 19.1 Å². The third kappa shape index (κ3) is 3.22. The van der Waals surface area contributed by atoms with E-state index in [-0.39, 0.29) is 0 Å². The number of nitrogens with one attached hydrogen (secondary N) is 1. The quantitative estimate of drug-likeness (QED) is 0.557. The Bertz CT molecular complexity index is 164. The molecule has 0 spiro atoms. The average molecular weight is 200 g/mol. The Hall–Kier alpha value is -0.180. The van der Waals surface area contributed by atoms with E-state index in [1.807, 2.05) is 11.8 Å². The topological polar surface area (TPSA) is 27.1 Å². The molecule has 0 aromatic carbocycles. The van der Waals surface area contributed by atoms with Crippen LogP contribution in [0.15, 0.2) is 0 Å². The molecule has 1 N–H and O–H groups in total. The maximum Gasteiger partial charge on any atom is 0.0987 e. The summed E-state index contributed by atoms with van der Waals surface area (Å²) < 4.78 is 0. The van der Waals surface area contributed by atoms with Gasteiger partial charge < -0.3 is 4.90 Å². The lowest BCUT2D eigenvalue weighted by atomic mass is 10.1. The van der Waals surface area contributed by atoms with Gasteiger partial charge in [-0.2, -0.15) is 11.8 Å². The highest BCUT2D eigenvalue weighted by Crippen LogP contribution is 2.26. The molecule has 13 heavy (non-hydrogen) atoms. The largest absolute Gasteiger partial charge is 0.363 e. The Morgan fingerprint density at radius 2 is 2.08 bits per heavy atom. The van der Waals surface area contributed by atoms with Crippen molar-refractivity contribution in [2.45, 2.75) is 25.7 Å². The van der Waals surface area contributed by atoms with Gasteiger partial charge in [-0.15, -0.1) is 0 Å². The van der Waals surface area contributed by atoms with E-state index in [1.54, 1.807) is 0 Å². The van der Waals surface area contributed by atoms with Crippen LogP contribution >= 0.6 is 11.8 Å². The minimum atomic E-state index is 0.562. The smallest absolute Gasteiger partial charge is 0.0987 e. The van der Waals surface area contributed by atoms with Crippen LogP contribution in [-0.2, 0) is 0 Å². The molecule has 0 radical (unpaired) electrons. The third-order valence-corrected chi connectivity index (χ3v) is 3.37. The van der Waals surface area contributed by atoms with Gasteiger partial charge in [0.15, 0.2) is 0 Å². The van der Waals surface area contributed by atoms with Crippen molar-refractivity contribution in [1.82, 2.24) is 4.90 Å². The van der Waals surface area contributed by atoms with E-state index in [1.165, 1.54) is 25.7 Å². The molecule has 0 amide bonds. The summed E-state index contributed by atoms with van der Waals surface area (Å²) in [4.78, 5) is 2.12. The van der Waals surface area contributed by atoms with E-state index in [2.05, 4.69) is 18.2 Å². The zero-order chi connectivity index (χ0) is 9.68. The van der Waals surface area contributed by atoms with Gasteiger partial charge >= 0.3 is 0 Å². The predicted octanol–water partition coefficient (Wildman–Crippen LogP) is 2.45. The standard InChI is InChI=1S/C10H20N2S/c1-12(7-8-13-2)10(11)9-5-3-4-6-9/h9,11H,3-8H2,1-2H3. The van der Waals surface area contributed by atoms with Gasteiger partial charge in [-0.1, -0.05) is 12.8 Å². The van der Waals surface area contributed by atoms with Crippen molar-refractivity contribution >= 4 is 17.6 Å². The third-order valence-electron chi connectivity index (χ3n) is 2.78. The number of hydrogen-bond acceptors (Lipinski definition) is 2. The van der Waals surface area contributed by atoms with Crippen LogP contribution in [-0.4, -0.2) is 36.3 Å². The molecule has 0 aromatic heterocycles. The van der Waals surface area contributed by atoms with Gasteiger partial charge in [0.25, 0.3) is 0 Å². The minimum absolute atomic E-state index is 0.562. The first-order valence-electron chi connectivity index (χ1n) is 5.04. The molecule has 0 saturated heterocycles. The first-order valence-corrected chi connectivity index (χ1v) is 6.43. The van der Waals surface area contributed by atoms with Crippen molar-refractivity contribution in [3.8, 4) is 0 Å². The molecule has 0 atom stereocenters. The number of nitrogens with zero attached hydrogens (tertiary/aromatic N) is 1. The van der Waals surface area contributed by atoms with Crippen molar-refractivity contribution in [2.75, 3.05) is 25.6 Å². The second-order valence-electron chi connectivity index (χ2n) is 3.78. The lowest BCUT2D eigenvalue weighted by Crippen LogP contribution is -2.32. The van der Waals surface area contributed by atoms with Gasteiger partial charge in [0, 0.05) is 25.3 Å². The summed E-state index contributed by atoms with van der Waals surface area (Å²) in [5.41, 5.74) is 0. The van der Waals surface area contributed by atoms with E-state index < -0.39 is 0 Å². The summed E-state index contributed by atoms with van der Waals surface area (Å²) in [6.07, 6.45) is 7.24. The van der Waals surface area contributed by atoms with Gasteiger partial charge in [-0.25, -0.2) is 0 Å². The molecule has 1 fully saturated rings. The van der Waals surface area contributed by atoms with Crippen LogP contribution in [0.1, 0.15) is 25.7 Å². The fourth-order valence-corrected chi connectivity index (χ4v) is 2.32. The van der Waals surface area contributed by atoms with Crippen LogP contribution in [0.5, 0.6) is 0 Å². The second kappa shape index (κ2) is 5.53. The highest BCUT2D eigenvalue weighted by Gasteiger charge is 2.21. The zero-order valence-electron chi connectivity index (χ0n) is 8.68. The summed E-state index contributed by atoms with van der Waals surface area (Å²) in [6.45, 7) is 1.02. The lowest BCUT2D eigenvalue weighted by Gasteiger charge is -2.23. The summed E-state index contributed by atoms with van der Waals surface area (Å²) in [7, 11) is 2.05. The van der Waals surface area contributed by atoms with Crippen LogP contribution in [0.3, 0.4) is 0 Å². The van der Waals surface area contributed by atoms with Gasteiger partial charge in [0.05, 0.1) is 5.84 Å². The Morgan fingerprint density at radius 1 is 1.46 bits per heavy atom. The Kier molecular flexibility index (Phi) is 4.64. The highest BCUT2D eigenvalue weighted by molar-refractivity contribution is 7.98. The van der Waals surface area contributed by atoms with Crippen molar-refractivity contribution in [3.05, 3.63) is 0 Å². The first-order chi connectivity index (χ1) is 6.25. The monoisotopic (exact) mass is 200 g/mol. The fraction of sp³-hybridized carbons (Fsp3) is 0.900. The molecule has 0 aliphatic heterocycles. The summed E-state index contributed by atoms with van der Waals surface area (Å²) in [5.74, 6) is 2.56. The van der Waals surface area contributed by atoms with Crippen molar-refractivity contribution in [1.29, 1.82) is 5.41 Å². The van der Waals surface area contributed by atoms with E-state index in [0.717, 1.165) is 18.1 Å².